The summed E-state index contributed by atoms with van der Waals surface area (Å²) in [5.74, 6) is 1.98. The number of hydrogen-bond acceptors (Lipinski definition) is 1. The summed E-state index contributed by atoms with van der Waals surface area (Å²) in [7, 11) is 0. The predicted octanol–water partition coefficient (Wildman–Crippen LogP) is 4.12. The molecule has 1 aliphatic rings. The molecule has 1 aromatic rings. The van der Waals surface area contributed by atoms with Crippen molar-refractivity contribution in [1.82, 2.24) is 0 Å². The van der Waals surface area contributed by atoms with Gasteiger partial charge in [0.25, 0.3) is 0 Å². The van der Waals surface area contributed by atoms with Crippen LogP contribution in [-0.2, 0) is 11.2 Å². The van der Waals surface area contributed by atoms with Crippen molar-refractivity contribution >= 4 is 0 Å². The van der Waals surface area contributed by atoms with Gasteiger partial charge in [0.15, 0.2) is 0 Å². The molecule has 0 unspecified atom stereocenters. The Morgan fingerprint density at radius 1 is 1.12 bits per heavy atom. The lowest BCUT2D eigenvalue weighted by molar-refractivity contribution is -0.0313. The van der Waals surface area contributed by atoms with E-state index in [1.165, 1.54) is 17.5 Å². The maximum absolute atomic E-state index is 5.29. The fourth-order valence-electron chi connectivity index (χ4n) is 2.44. The highest BCUT2D eigenvalue weighted by atomic mass is 16.5. The standard InChI is InChI=1S/C16H24O/c1-11(2)14-5-6-16(12(3)4)15(8-14)7-13-9-17-10-13/h5-6,8,11-13H,7,9-10H2,1-4H3. The lowest BCUT2D eigenvalue weighted by Crippen LogP contribution is -2.29. The van der Waals surface area contributed by atoms with Crippen molar-refractivity contribution in [2.24, 2.45) is 5.92 Å². The Morgan fingerprint density at radius 3 is 2.29 bits per heavy atom. The Kier molecular flexibility index (Phi) is 3.88. The van der Waals surface area contributed by atoms with Crippen LogP contribution >= 0.6 is 0 Å². The lowest BCUT2D eigenvalue weighted by Gasteiger charge is -2.27. The molecule has 0 atom stereocenters. The van der Waals surface area contributed by atoms with Crippen LogP contribution in [0.3, 0.4) is 0 Å². The fourth-order valence-corrected chi connectivity index (χ4v) is 2.44. The van der Waals surface area contributed by atoms with Gasteiger partial charge < -0.3 is 4.74 Å². The van der Waals surface area contributed by atoms with Crippen LogP contribution in [-0.4, -0.2) is 13.2 Å². The van der Waals surface area contributed by atoms with Crippen LogP contribution in [0.1, 0.15) is 56.2 Å². The Labute approximate surface area is 105 Å². The molecule has 94 valence electrons. The van der Waals surface area contributed by atoms with Gasteiger partial charge in [-0.1, -0.05) is 45.9 Å². The summed E-state index contributed by atoms with van der Waals surface area (Å²) in [4.78, 5) is 0. The van der Waals surface area contributed by atoms with Crippen LogP contribution in [0.5, 0.6) is 0 Å². The third kappa shape index (κ3) is 2.90. The van der Waals surface area contributed by atoms with E-state index in [0.29, 0.717) is 11.8 Å². The van der Waals surface area contributed by atoms with Gasteiger partial charge in [0.1, 0.15) is 0 Å². The van der Waals surface area contributed by atoms with Gasteiger partial charge in [-0.3, -0.25) is 0 Å². The van der Waals surface area contributed by atoms with Crippen molar-refractivity contribution < 1.29 is 4.74 Å². The Balaban J connectivity index is 2.25. The van der Waals surface area contributed by atoms with Crippen molar-refractivity contribution in [1.29, 1.82) is 0 Å². The molecule has 0 spiro atoms. The topological polar surface area (TPSA) is 9.23 Å². The lowest BCUT2D eigenvalue weighted by atomic mass is 9.87. The minimum absolute atomic E-state index is 0.618. The van der Waals surface area contributed by atoms with Crippen molar-refractivity contribution in [3.63, 3.8) is 0 Å². The van der Waals surface area contributed by atoms with Gasteiger partial charge in [-0.25, -0.2) is 0 Å². The second-order valence-corrected chi connectivity index (χ2v) is 5.88. The highest BCUT2D eigenvalue weighted by molar-refractivity contribution is 5.36. The van der Waals surface area contributed by atoms with Crippen LogP contribution in [0, 0.1) is 5.92 Å². The van der Waals surface area contributed by atoms with Gasteiger partial charge in [0.2, 0.25) is 0 Å². The zero-order valence-electron chi connectivity index (χ0n) is 11.5. The van der Waals surface area contributed by atoms with Crippen molar-refractivity contribution in [3.8, 4) is 0 Å². The van der Waals surface area contributed by atoms with Gasteiger partial charge in [-0.05, 0) is 34.9 Å². The van der Waals surface area contributed by atoms with E-state index in [1.54, 1.807) is 5.56 Å². The largest absolute Gasteiger partial charge is 0.381 e. The predicted molar refractivity (Wildman–Crippen MR) is 72.6 cm³/mol. The normalized spacial score (nSPS) is 16.6. The molecule has 1 heteroatoms. The quantitative estimate of drug-likeness (QED) is 0.758. The number of rotatable bonds is 4. The smallest absolute Gasteiger partial charge is 0.0519 e. The molecular formula is C16H24O. The van der Waals surface area contributed by atoms with E-state index in [-0.39, 0.29) is 0 Å². The van der Waals surface area contributed by atoms with Crippen LogP contribution < -0.4 is 0 Å². The van der Waals surface area contributed by atoms with E-state index >= 15 is 0 Å². The minimum Gasteiger partial charge on any atom is -0.381 e. The monoisotopic (exact) mass is 232 g/mol. The van der Waals surface area contributed by atoms with Crippen molar-refractivity contribution in [2.75, 3.05) is 13.2 Å². The molecule has 0 N–H and O–H groups in total. The Bertz CT molecular complexity index is 375. The Hall–Kier alpha value is -0.820. The first kappa shape index (κ1) is 12.6. The van der Waals surface area contributed by atoms with E-state index < -0.39 is 0 Å². The van der Waals surface area contributed by atoms with Crippen LogP contribution in [0.15, 0.2) is 18.2 Å². The van der Waals surface area contributed by atoms with Gasteiger partial charge in [0, 0.05) is 5.92 Å². The molecule has 0 radical (unpaired) electrons. The van der Waals surface area contributed by atoms with Crippen LogP contribution in [0.4, 0.5) is 0 Å². The molecule has 1 aliphatic heterocycles. The second kappa shape index (κ2) is 5.22. The number of hydrogen-bond donors (Lipinski definition) is 0. The Morgan fingerprint density at radius 2 is 1.82 bits per heavy atom. The summed E-state index contributed by atoms with van der Waals surface area (Å²) < 4.78 is 5.29. The zero-order valence-corrected chi connectivity index (χ0v) is 11.5. The third-order valence-corrected chi connectivity index (χ3v) is 3.67. The maximum atomic E-state index is 5.29. The SMILES string of the molecule is CC(C)c1ccc(C(C)C)c(CC2COC2)c1. The maximum Gasteiger partial charge on any atom is 0.0519 e. The second-order valence-electron chi connectivity index (χ2n) is 5.88. The third-order valence-electron chi connectivity index (χ3n) is 3.67. The molecule has 0 saturated carbocycles. The van der Waals surface area contributed by atoms with E-state index in [0.717, 1.165) is 19.1 Å². The molecule has 0 bridgehead atoms. The molecule has 0 aliphatic carbocycles. The molecule has 2 rings (SSSR count). The average molecular weight is 232 g/mol. The van der Waals surface area contributed by atoms with Crippen molar-refractivity contribution in [3.05, 3.63) is 34.9 Å². The summed E-state index contributed by atoms with van der Waals surface area (Å²) in [6, 6.07) is 7.04. The molecule has 1 heterocycles. The van der Waals surface area contributed by atoms with Gasteiger partial charge in [-0.15, -0.1) is 0 Å². The summed E-state index contributed by atoms with van der Waals surface area (Å²) >= 11 is 0. The van der Waals surface area contributed by atoms with Crippen molar-refractivity contribution in [2.45, 2.75) is 46.0 Å². The first-order valence-electron chi connectivity index (χ1n) is 6.78. The molecule has 1 aromatic carbocycles. The highest BCUT2D eigenvalue weighted by Gasteiger charge is 2.21. The van der Waals surface area contributed by atoms with E-state index in [2.05, 4.69) is 45.9 Å². The van der Waals surface area contributed by atoms with E-state index in [1.807, 2.05) is 0 Å². The summed E-state index contributed by atoms with van der Waals surface area (Å²) in [6.07, 6.45) is 1.19. The molecule has 1 fully saturated rings. The first-order valence-corrected chi connectivity index (χ1v) is 6.78. The molecule has 1 saturated heterocycles. The van der Waals surface area contributed by atoms with Gasteiger partial charge in [-0.2, -0.15) is 0 Å². The average Bonchev–Trinajstić information content (AvgIpc) is 2.22. The van der Waals surface area contributed by atoms with Gasteiger partial charge in [0.05, 0.1) is 13.2 Å². The molecule has 1 nitrogen and oxygen atoms in total. The summed E-state index contributed by atoms with van der Waals surface area (Å²) in [5.41, 5.74) is 4.52. The first-order chi connectivity index (χ1) is 8.08. The fraction of sp³-hybridized carbons (Fsp3) is 0.625. The minimum atomic E-state index is 0.618. The number of ether oxygens (including phenoxy) is 1. The molecule has 0 amide bonds. The summed E-state index contributed by atoms with van der Waals surface area (Å²) in [6.45, 7) is 11.0. The zero-order chi connectivity index (χ0) is 12.4. The molecule has 0 aromatic heterocycles. The van der Waals surface area contributed by atoms with Crippen LogP contribution in [0.25, 0.3) is 0 Å². The summed E-state index contributed by atoms with van der Waals surface area (Å²) in [5, 5.41) is 0. The van der Waals surface area contributed by atoms with Crippen LogP contribution in [0.2, 0.25) is 0 Å². The van der Waals surface area contributed by atoms with E-state index in [4.69, 9.17) is 4.74 Å². The van der Waals surface area contributed by atoms with E-state index in [9.17, 15) is 0 Å². The molecular weight excluding hydrogens is 208 g/mol. The highest BCUT2D eigenvalue weighted by Crippen LogP contribution is 2.28. The number of benzene rings is 1. The van der Waals surface area contributed by atoms with Gasteiger partial charge >= 0.3 is 0 Å². The molecule has 17 heavy (non-hydrogen) atoms.